The Kier molecular flexibility index (Phi) is 5.88. The standard InChI is InChI=1S/C23H26ClN3O2/c1-16-8-9-18(14-20(16)24)25-21(28)15-27-13-10-17-6-2-3-7-19(17)22(27)23(29)26-11-4-5-12-26/h2-3,6-9,14,22H,4-5,10-13,15H2,1H3,(H,25,28)/t22-/m1/s1. The molecule has 5 nitrogen and oxygen atoms in total. The molecule has 1 atom stereocenters. The first-order valence-electron chi connectivity index (χ1n) is 10.2. The number of halogens is 1. The highest BCUT2D eigenvalue weighted by molar-refractivity contribution is 6.31. The summed E-state index contributed by atoms with van der Waals surface area (Å²) >= 11 is 6.17. The Morgan fingerprint density at radius 3 is 2.62 bits per heavy atom. The molecule has 2 aromatic rings. The van der Waals surface area contributed by atoms with E-state index >= 15 is 0 Å². The summed E-state index contributed by atoms with van der Waals surface area (Å²) in [6, 6.07) is 13.2. The van der Waals surface area contributed by atoms with E-state index in [1.54, 1.807) is 6.07 Å². The van der Waals surface area contributed by atoms with Crippen molar-refractivity contribution in [3.8, 4) is 0 Å². The third kappa shape index (κ3) is 4.31. The van der Waals surface area contributed by atoms with Crippen molar-refractivity contribution in [2.45, 2.75) is 32.2 Å². The maximum Gasteiger partial charge on any atom is 0.244 e. The van der Waals surface area contributed by atoms with E-state index in [9.17, 15) is 9.59 Å². The average molecular weight is 412 g/mol. The molecular weight excluding hydrogens is 386 g/mol. The molecule has 29 heavy (non-hydrogen) atoms. The number of aryl methyl sites for hydroxylation is 1. The number of hydrogen-bond donors (Lipinski definition) is 1. The van der Waals surface area contributed by atoms with E-state index in [2.05, 4.69) is 11.4 Å². The fourth-order valence-corrected chi connectivity index (χ4v) is 4.42. The van der Waals surface area contributed by atoms with Crippen molar-refractivity contribution in [3.63, 3.8) is 0 Å². The van der Waals surface area contributed by atoms with E-state index in [1.807, 2.05) is 47.1 Å². The van der Waals surface area contributed by atoms with Crippen LogP contribution in [0.25, 0.3) is 0 Å². The summed E-state index contributed by atoms with van der Waals surface area (Å²) in [5.41, 5.74) is 3.87. The number of nitrogens with zero attached hydrogens (tertiary/aromatic N) is 2. The van der Waals surface area contributed by atoms with E-state index in [0.717, 1.165) is 43.5 Å². The molecule has 1 fully saturated rings. The Balaban J connectivity index is 1.53. The molecule has 1 N–H and O–H groups in total. The summed E-state index contributed by atoms with van der Waals surface area (Å²) in [5, 5.41) is 3.54. The molecule has 0 aliphatic carbocycles. The van der Waals surface area contributed by atoms with Crippen LogP contribution in [0.15, 0.2) is 42.5 Å². The number of nitrogens with one attached hydrogen (secondary N) is 1. The van der Waals surface area contributed by atoms with Gasteiger partial charge in [0, 0.05) is 30.3 Å². The summed E-state index contributed by atoms with van der Waals surface area (Å²) in [6.45, 7) is 4.39. The Morgan fingerprint density at radius 1 is 1.10 bits per heavy atom. The fourth-order valence-electron chi connectivity index (χ4n) is 4.24. The van der Waals surface area contributed by atoms with Gasteiger partial charge in [-0.25, -0.2) is 0 Å². The zero-order valence-electron chi connectivity index (χ0n) is 16.7. The summed E-state index contributed by atoms with van der Waals surface area (Å²) in [4.78, 5) is 30.0. The van der Waals surface area contributed by atoms with Gasteiger partial charge in [0.1, 0.15) is 6.04 Å². The summed E-state index contributed by atoms with van der Waals surface area (Å²) in [5.74, 6) is -0.0237. The number of anilines is 1. The van der Waals surface area contributed by atoms with Crippen molar-refractivity contribution in [3.05, 3.63) is 64.2 Å². The SMILES string of the molecule is Cc1ccc(NC(=O)CN2CCc3ccccc3[C@@H]2C(=O)N2CCCC2)cc1Cl. The maximum atomic E-state index is 13.3. The lowest BCUT2D eigenvalue weighted by Gasteiger charge is -2.37. The van der Waals surface area contributed by atoms with Crippen LogP contribution in [0, 0.1) is 6.92 Å². The molecule has 2 heterocycles. The molecule has 2 aromatic carbocycles. The molecule has 0 aromatic heterocycles. The minimum Gasteiger partial charge on any atom is -0.341 e. The average Bonchev–Trinajstić information content (AvgIpc) is 3.25. The van der Waals surface area contributed by atoms with Crippen molar-refractivity contribution >= 4 is 29.1 Å². The minimum absolute atomic E-state index is 0.112. The van der Waals surface area contributed by atoms with Crippen molar-refractivity contribution in [1.82, 2.24) is 9.80 Å². The lowest BCUT2D eigenvalue weighted by molar-refractivity contribution is -0.137. The van der Waals surface area contributed by atoms with Crippen molar-refractivity contribution in [1.29, 1.82) is 0 Å². The summed E-state index contributed by atoms with van der Waals surface area (Å²) < 4.78 is 0. The second-order valence-corrected chi connectivity index (χ2v) is 8.27. The molecule has 0 radical (unpaired) electrons. The lowest BCUT2D eigenvalue weighted by Crippen LogP contribution is -2.47. The summed E-state index contributed by atoms with van der Waals surface area (Å²) in [6.07, 6.45) is 2.94. The molecule has 1 saturated heterocycles. The molecule has 2 amide bonds. The van der Waals surface area contributed by atoms with Gasteiger partial charge in [-0.05, 0) is 55.0 Å². The maximum absolute atomic E-state index is 13.3. The van der Waals surface area contributed by atoms with E-state index < -0.39 is 6.04 Å². The largest absolute Gasteiger partial charge is 0.341 e. The number of fused-ring (bicyclic) bond motifs is 1. The minimum atomic E-state index is -0.398. The van der Waals surface area contributed by atoms with Crippen LogP contribution in [0.1, 0.15) is 35.6 Å². The topological polar surface area (TPSA) is 52.7 Å². The first-order valence-corrected chi connectivity index (χ1v) is 10.6. The van der Waals surface area contributed by atoms with Crippen LogP contribution >= 0.6 is 11.6 Å². The van der Waals surface area contributed by atoms with Gasteiger partial charge in [-0.3, -0.25) is 14.5 Å². The van der Waals surface area contributed by atoms with Crippen LogP contribution in [0.3, 0.4) is 0 Å². The first-order chi connectivity index (χ1) is 14.0. The predicted molar refractivity (Wildman–Crippen MR) is 115 cm³/mol. The smallest absolute Gasteiger partial charge is 0.244 e. The number of carbonyl (C=O) groups excluding carboxylic acids is 2. The van der Waals surface area contributed by atoms with Gasteiger partial charge in [-0.1, -0.05) is 41.9 Å². The molecule has 0 bridgehead atoms. The quantitative estimate of drug-likeness (QED) is 0.832. The number of carbonyl (C=O) groups is 2. The Hall–Kier alpha value is -2.37. The van der Waals surface area contributed by atoms with Crippen LogP contribution < -0.4 is 5.32 Å². The van der Waals surface area contributed by atoms with Gasteiger partial charge in [0.25, 0.3) is 0 Å². The molecule has 2 aliphatic heterocycles. The highest BCUT2D eigenvalue weighted by Crippen LogP contribution is 2.32. The molecule has 2 aliphatic rings. The molecule has 0 spiro atoms. The second-order valence-electron chi connectivity index (χ2n) is 7.87. The Morgan fingerprint density at radius 2 is 1.86 bits per heavy atom. The van der Waals surface area contributed by atoms with Gasteiger partial charge in [0.2, 0.25) is 11.8 Å². The molecule has 6 heteroatoms. The van der Waals surface area contributed by atoms with Gasteiger partial charge in [0.15, 0.2) is 0 Å². The van der Waals surface area contributed by atoms with Gasteiger partial charge in [-0.15, -0.1) is 0 Å². The van der Waals surface area contributed by atoms with Crippen molar-refractivity contribution in [2.24, 2.45) is 0 Å². The van der Waals surface area contributed by atoms with Gasteiger partial charge in [0.05, 0.1) is 6.54 Å². The van der Waals surface area contributed by atoms with Crippen LogP contribution in [0.5, 0.6) is 0 Å². The zero-order valence-corrected chi connectivity index (χ0v) is 17.4. The van der Waals surface area contributed by atoms with E-state index in [1.165, 1.54) is 5.56 Å². The molecular formula is C23H26ClN3O2. The molecule has 0 saturated carbocycles. The van der Waals surface area contributed by atoms with Gasteiger partial charge >= 0.3 is 0 Å². The number of rotatable bonds is 4. The summed E-state index contributed by atoms with van der Waals surface area (Å²) in [7, 11) is 0. The Labute approximate surface area is 176 Å². The zero-order chi connectivity index (χ0) is 20.4. The predicted octanol–water partition coefficient (Wildman–Crippen LogP) is 3.81. The fraction of sp³-hybridized carbons (Fsp3) is 0.391. The number of likely N-dealkylation sites (tertiary alicyclic amines) is 1. The van der Waals surface area contributed by atoms with E-state index in [0.29, 0.717) is 17.3 Å². The van der Waals surface area contributed by atoms with Crippen LogP contribution in [-0.4, -0.2) is 47.8 Å². The normalized spacial score (nSPS) is 19.1. The number of hydrogen-bond acceptors (Lipinski definition) is 3. The van der Waals surface area contributed by atoms with E-state index in [-0.39, 0.29) is 18.4 Å². The highest BCUT2D eigenvalue weighted by Gasteiger charge is 2.37. The lowest BCUT2D eigenvalue weighted by atomic mass is 9.91. The van der Waals surface area contributed by atoms with Crippen molar-refractivity contribution < 1.29 is 9.59 Å². The molecule has 4 rings (SSSR count). The third-order valence-corrected chi connectivity index (χ3v) is 6.24. The second kappa shape index (κ2) is 8.56. The monoisotopic (exact) mass is 411 g/mol. The van der Waals surface area contributed by atoms with E-state index in [4.69, 9.17) is 11.6 Å². The van der Waals surface area contributed by atoms with Crippen LogP contribution in [-0.2, 0) is 16.0 Å². The van der Waals surface area contributed by atoms with Crippen LogP contribution in [0.4, 0.5) is 5.69 Å². The first kappa shape index (κ1) is 19.9. The Bertz CT molecular complexity index is 924. The number of amides is 2. The van der Waals surface area contributed by atoms with Gasteiger partial charge in [-0.2, -0.15) is 0 Å². The third-order valence-electron chi connectivity index (χ3n) is 5.84. The van der Waals surface area contributed by atoms with Crippen molar-refractivity contribution in [2.75, 3.05) is 31.5 Å². The molecule has 152 valence electrons. The van der Waals surface area contributed by atoms with Crippen LogP contribution in [0.2, 0.25) is 5.02 Å². The van der Waals surface area contributed by atoms with Gasteiger partial charge < -0.3 is 10.2 Å². The highest BCUT2D eigenvalue weighted by atomic mass is 35.5. The molecule has 0 unspecified atom stereocenters. The number of benzene rings is 2.